The van der Waals surface area contributed by atoms with Crippen LogP contribution in [0.3, 0.4) is 0 Å². The number of allylic oxidation sites excluding steroid dienone is 10. The molecule has 0 saturated heterocycles. The van der Waals surface area contributed by atoms with E-state index in [1.165, 1.54) is 116 Å². The van der Waals surface area contributed by atoms with Gasteiger partial charge >= 0.3 is 25.7 Å². The molecular weight excluding hydrogens is 976 g/mol. The fourth-order valence-electron chi connectivity index (χ4n) is 8.59. The van der Waals surface area contributed by atoms with Gasteiger partial charge in [0.15, 0.2) is 6.10 Å². The second-order valence-corrected chi connectivity index (χ2v) is 22.3. The smallest absolute Gasteiger partial charge is 0.462 e. The molecule has 0 heterocycles. The lowest BCUT2D eigenvalue weighted by molar-refractivity contribution is -0.161. The monoisotopic (exact) mass is 1090 g/mol. The van der Waals surface area contributed by atoms with Crippen molar-refractivity contribution in [2.45, 2.75) is 303 Å². The summed E-state index contributed by atoms with van der Waals surface area (Å²) in [4.78, 5) is 48.7. The highest BCUT2D eigenvalue weighted by Gasteiger charge is 2.28. The van der Waals surface area contributed by atoms with Gasteiger partial charge in [0.05, 0.1) is 19.8 Å². The summed E-state index contributed by atoms with van der Waals surface area (Å²) < 4.78 is 39.6. The molecule has 0 aliphatic heterocycles. The lowest BCUT2D eigenvalue weighted by Gasteiger charge is -2.21. The summed E-state index contributed by atoms with van der Waals surface area (Å²) >= 11 is 0. The predicted molar refractivity (Wildman–Crippen MR) is 316 cm³/mol. The maximum atomic E-state index is 12.9. The number of hydrogen-bond acceptors (Lipinski definition) is 10. The number of carbonyl (C=O) groups excluding carboxylic acids is 3. The van der Waals surface area contributed by atoms with E-state index < -0.39 is 57.8 Å². The van der Waals surface area contributed by atoms with Gasteiger partial charge in [-0.15, -0.1) is 0 Å². The Balaban J connectivity index is 4.72. The molecule has 11 nitrogen and oxygen atoms in total. The Kier molecular flexibility index (Phi) is 56.2. The number of hydrogen-bond donors (Lipinski definition) is 2. The number of phosphoric ester groups is 1. The van der Waals surface area contributed by atoms with E-state index in [4.69, 9.17) is 23.3 Å². The molecule has 0 bridgehead atoms. The molecule has 12 heteroatoms. The average Bonchev–Trinajstić information content (AvgIpc) is 3.41. The lowest BCUT2D eigenvalue weighted by atomic mass is 10.1. The van der Waals surface area contributed by atoms with Gasteiger partial charge in [0.1, 0.15) is 12.7 Å². The van der Waals surface area contributed by atoms with E-state index in [0.29, 0.717) is 19.3 Å². The van der Waals surface area contributed by atoms with E-state index in [1.54, 1.807) is 0 Å². The number of esters is 3. The Morgan fingerprint density at radius 2 is 0.645 bits per heavy atom. The van der Waals surface area contributed by atoms with Crippen LogP contribution in [-0.2, 0) is 42.2 Å². The van der Waals surface area contributed by atoms with Gasteiger partial charge in [0, 0.05) is 19.3 Å². The molecule has 0 rings (SSSR count). The van der Waals surface area contributed by atoms with Gasteiger partial charge in [0.25, 0.3) is 0 Å². The fraction of sp³-hybridized carbons (Fsp3) is 0.797. The number of rotatable bonds is 58. The van der Waals surface area contributed by atoms with Gasteiger partial charge in [-0.1, -0.05) is 223 Å². The largest absolute Gasteiger partial charge is 0.472 e. The van der Waals surface area contributed by atoms with E-state index in [1.807, 2.05) is 0 Å². The molecule has 2 N–H and O–H groups in total. The Morgan fingerprint density at radius 3 is 1.01 bits per heavy atom. The molecule has 76 heavy (non-hydrogen) atoms. The molecule has 442 valence electrons. The van der Waals surface area contributed by atoms with Crippen LogP contribution in [0.1, 0.15) is 290 Å². The van der Waals surface area contributed by atoms with Gasteiger partial charge in [0.2, 0.25) is 0 Å². The van der Waals surface area contributed by atoms with E-state index in [9.17, 15) is 28.9 Å². The number of carbonyl (C=O) groups is 3. The normalized spacial score (nSPS) is 13.7. The average molecular weight is 1090 g/mol. The maximum absolute atomic E-state index is 12.9. The summed E-state index contributed by atoms with van der Waals surface area (Å²) in [6.45, 7) is 4.60. The molecule has 0 radical (unpaired) electrons. The quantitative estimate of drug-likeness (QED) is 0.0197. The predicted octanol–water partition coefficient (Wildman–Crippen LogP) is 18.7. The van der Waals surface area contributed by atoms with E-state index in [0.717, 1.165) is 116 Å². The van der Waals surface area contributed by atoms with Crippen LogP contribution in [0.25, 0.3) is 0 Å². The van der Waals surface area contributed by atoms with Crippen LogP contribution in [0.15, 0.2) is 60.8 Å². The zero-order valence-corrected chi connectivity index (χ0v) is 49.9. The first-order chi connectivity index (χ1) is 37.2. The van der Waals surface area contributed by atoms with E-state index >= 15 is 0 Å². The first kappa shape index (κ1) is 73.2. The van der Waals surface area contributed by atoms with Gasteiger partial charge in [-0.3, -0.25) is 23.4 Å². The minimum absolute atomic E-state index is 0.160. The highest BCUT2D eigenvalue weighted by molar-refractivity contribution is 7.47. The van der Waals surface area contributed by atoms with Crippen LogP contribution < -0.4 is 0 Å². The third-order valence-electron chi connectivity index (χ3n) is 13.4. The van der Waals surface area contributed by atoms with Gasteiger partial charge < -0.3 is 24.2 Å². The molecule has 0 spiro atoms. The topological polar surface area (TPSA) is 155 Å². The first-order valence-electron chi connectivity index (χ1n) is 31.2. The van der Waals surface area contributed by atoms with Crippen molar-refractivity contribution >= 4 is 25.7 Å². The number of phosphoric acid groups is 1. The van der Waals surface area contributed by atoms with Crippen molar-refractivity contribution in [1.29, 1.82) is 0 Å². The molecule has 0 aromatic rings. The van der Waals surface area contributed by atoms with Crippen LogP contribution in [-0.4, -0.2) is 66.5 Å². The summed E-state index contributed by atoms with van der Waals surface area (Å²) in [5, 5.41) is 9.83. The van der Waals surface area contributed by atoms with Crippen molar-refractivity contribution in [1.82, 2.24) is 0 Å². The molecule has 3 unspecified atom stereocenters. The highest BCUT2D eigenvalue weighted by atomic mass is 31.2. The minimum Gasteiger partial charge on any atom is -0.462 e. The van der Waals surface area contributed by atoms with Crippen molar-refractivity contribution in [2.75, 3.05) is 26.4 Å². The first-order valence-corrected chi connectivity index (χ1v) is 32.7. The number of aliphatic hydroxyl groups excluding tert-OH is 1. The van der Waals surface area contributed by atoms with Gasteiger partial charge in [-0.2, -0.15) is 0 Å². The number of unbranched alkanes of at least 4 members (excludes halogenated alkanes) is 31. The molecule has 0 aliphatic rings. The van der Waals surface area contributed by atoms with Crippen molar-refractivity contribution in [3.8, 4) is 0 Å². The molecular formula is C64H115O11P. The molecule has 0 aromatic heterocycles. The summed E-state index contributed by atoms with van der Waals surface area (Å²) in [6.07, 6.45) is 64.5. The van der Waals surface area contributed by atoms with E-state index in [2.05, 4.69) is 81.5 Å². The van der Waals surface area contributed by atoms with Crippen LogP contribution >= 0.6 is 7.82 Å². The summed E-state index contributed by atoms with van der Waals surface area (Å²) in [7, 11) is -4.76. The van der Waals surface area contributed by atoms with Crippen LogP contribution in [0.5, 0.6) is 0 Å². The second-order valence-electron chi connectivity index (χ2n) is 20.9. The Bertz CT molecular complexity index is 1510. The van der Waals surface area contributed by atoms with Gasteiger partial charge in [-0.25, -0.2) is 4.57 Å². The third-order valence-corrected chi connectivity index (χ3v) is 14.3. The summed E-state index contributed by atoms with van der Waals surface area (Å²) in [6, 6.07) is 0. The lowest BCUT2D eigenvalue weighted by Crippen LogP contribution is -2.30. The third kappa shape index (κ3) is 55.9. The molecule has 0 saturated carbocycles. The van der Waals surface area contributed by atoms with Crippen LogP contribution in [0.4, 0.5) is 0 Å². The van der Waals surface area contributed by atoms with Gasteiger partial charge in [-0.05, 0) is 109 Å². The standard InChI is InChI=1S/C64H115O11P/c1-4-7-10-13-16-19-22-25-28-29-30-31-34-37-40-43-46-49-52-55-64(68)75-61(57-71-62(66)53-50-47-44-41-38-35-32-26-23-20-17-14-11-8-5-2)59-73-76(69,70)72-58-60(56-65)74-63(67)54-51-48-45-42-39-36-33-27-24-21-18-15-12-9-6-3/h16,18-19,21,25-28,32-33,60-61,65H,4-15,17,20,22-24,29-31,34-59H2,1-3H3,(H,69,70)/b19-16-,21-18-,28-25-,32-26-,33-27-. The fourth-order valence-corrected chi connectivity index (χ4v) is 9.37. The van der Waals surface area contributed by atoms with Crippen LogP contribution in [0.2, 0.25) is 0 Å². The molecule has 3 atom stereocenters. The maximum Gasteiger partial charge on any atom is 0.472 e. The summed E-state index contributed by atoms with van der Waals surface area (Å²) in [5.41, 5.74) is 0. The van der Waals surface area contributed by atoms with Crippen LogP contribution in [0, 0.1) is 0 Å². The number of ether oxygens (including phenoxy) is 3. The molecule has 0 amide bonds. The Hall–Kier alpha value is -2.82. The Morgan fingerprint density at radius 1 is 0.368 bits per heavy atom. The van der Waals surface area contributed by atoms with Crippen molar-refractivity contribution in [2.24, 2.45) is 0 Å². The number of aliphatic hydroxyl groups is 1. The van der Waals surface area contributed by atoms with Crippen molar-refractivity contribution in [3.63, 3.8) is 0 Å². The zero-order chi connectivity index (χ0) is 55.5. The SMILES string of the molecule is CCCCC/C=C\C/C=C\CCCCCCCCCCCC(=O)OC(COC(=O)CCCCCCC/C=C\CCCCCCCC)COP(=O)(O)OCC(CO)OC(=O)CCCCCCC/C=C\C/C=C\CCCCC. The molecule has 0 aliphatic carbocycles. The minimum atomic E-state index is -4.76. The van der Waals surface area contributed by atoms with Crippen molar-refractivity contribution < 1.29 is 52.2 Å². The Labute approximate surface area is 465 Å². The highest BCUT2D eigenvalue weighted by Crippen LogP contribution is 2.43. The summed E-state index contributed by atoms with van der Waals surface area (Å²) in [5.74, 6) is -1.48. The zero-order valence-electron chi connectivity index (χ0n) is 49.0. The van der Waals surface area contributed by atoms with E-state index in [-0.39, 0.29) is 25.9 Å². The molecule has 0 aromatic carbocycles. The second kappa shape index (κ2) is 58.3. The van der Waals surface area contributed by atoms with Crippen molar-refractivity contribution in [3.05, 3.63) is 60.8 Å². The molecule has 0 fully saturated rings.